The average Bonchev–Trinajstić information content (AvgIpc) is 2.63. The lowest BCUT2D eigenvalue weighted by Crippen LogP contribution is -2.03. The van der Waals surface area contributed by atoms with Gasteiger partial charge in [-0.25, -0.2) is 4.68 Å². The second-order valence-corrected chi connectivity index (χ2v) is 4.04. The second kappa shape index (κ2) is 4.39. The highest BCUT2D eigenvalue weighted by Gasteiger charge is 2.08. The molecule has 0 saturated heterocycles. The summed E-state index contributed by atoms with van der Waals surface area (Å²) in [5.74, 6) is 0. The first-order valence-corrected chi connectivity index (χ1v) is 5.61. The second-order valence-electron chi connectivity index (χ2n) is 4.04. The Bertz CT molecular complexity index is 468. The molecule has 0 amide bonds. The summed E-state index contributed by atoms with van der Waals surface area (Å²) in [5, 5.41) is 4.33. The van der Waals surface area contributed by atoms with E-state index in [1.165, 1.54) is 5.56 Å². The van der Waals surface area contributed by atoms with Gasteiger partial charge >= 0.3 is 0 Å². The topological polar surface area (TPSA) is 43.8 Å². The van der Waals surface area contributed by atoms with Gasteiger partial charge in [-0.05, 0) is 25.5 Å². The molecule has 1 aromatic carbocycles. The van der Waals surface area contributed by atoms with Crippen LogP contribution in [-0.2, 0) is 6.42 Å². The molecule has 0 saturated carbocycles. The minimum atomic E-state index is 0.780. The zero-order valence-electron chi connectivity index (χ0n) is 9.77. The molecule has 0 aliphatic carbocycles. The maximum absolute atomic E-state index is 5.91. The van der Waals surface area contributed by atoms with Gasteiger partial charge in [0.05, 0.1) is 23.3 Å². The maximum atomic E-state index is 5.91. The van der Waals surface area contributed by atoms with Crippen LogP contribution in [0, 0.1) is 6.92 Å². The van der Waals surface area contributed by atoms with E-state index in [0.717, 1.165) is 29.9 Å². The Kier molecular flexibility index (Phi) is 2.95. The van der Waals surface area contributed by atoms with Crippen LogP contribution in [0.1, 0.15) is 24.6 Å². The highest BCUT2D eigenvalue weighted by molar-refractivity contribution is 5.46. The SMILES string of the molecule is CCCc1c(N)cnn1-c1ccc(C)cc1. The van der Waals surface area contributed by atoms with Crippen LogP contribution in [-0.4, -0.2) is 9.78 Å². The Morgan fingerprint density at radius 1 is 1.25 bits per heavy atom. The Hall–Kier alpha value is -1.77. The Morgan fingerprint density at radius 3 is 2.56 bits per heavy atom. The maximum Gasteiger partial charge on any atom is 0.0737 e. The van der Waals surface area contributed by atoms with Gasteiger partial charge in [-0.2, -0.15) is 5.10 Å². The van der Waals surface area contributed by atoms with E-state index in [1.54, 1.807) is 6.20 Å². The van der Waals surface area contributed by atoms with Crippen molar-refractivity contribution in [2.24, 2.45) is 0 Å². The molecule has 0 bridgehead atoms. The van der Waals surface area contributed by atoms with E-state index in [1.807, 2.05) is 4.68 Å². The van der Waals surface area contributed by atoms with E-state index in [4.69, 9.17) is 5.73 Å². The molecule has 2 rings (SSSR count). The van der Waals surface area contributed by atoms with Crippen molar-refractivity contribution in [2.75, 3.05) is 5.73 Å². The van der Waals surface area contributed by atoms with Gasteiger partial charge in [-0.1, -0.05) is 31.0 Å². The predicted octanol–water partition coefficient (Wildman–Crippen LogP) is 2.72. The van der Waals surface area contributed by atoms with E-state index in [9.17, 15) is 0 Å². The third-order valence-corrected chi connectivity index (χ3v) is 2.67. The van der Waals surface area contributed by atoms with Gasteiger partial charge in [0.1, 0.15) is 0 Å². The normalized spacial score (nSPS) is 10.6. The Labute approximate surface area is 95.9 Å². The van der Waals surface area contributed by atoms with Crippen molar-refractivity contribution in [1.82, 2.24) is 9.78 Å². The zero-order chi connectivity index (χ0) is 11.5. The monoisotopic (exact) mass is 215 g/mol. The van der Waals surface area contributed by atoms with Crippen LogP contribution in [0.3, 0.4) is 0 Å². The summed E-state index contributed by atoms with van der Waals surface area (Å²) in [6.07, 6.45) is 3.76. The highest BCUT2D eigenvalue weighted by Crippen LogP contribution is 2.18. The lowest BCUT2D eigenvalue weighted by Gasteiger charge is -2.07. The molecular formula is C13H17N3. The number of hydrogen-bond acceptors (Lipinski definition) is 2. The molecule has 0 aliphatic heterocycles. The van der Waals surface area contributed by atoms with E-state index in [-0.39, 0.29) is 0 Å². The minimum Gasteiger partial charge on any atom is -0.396 e. The van der Waals surface area contributed by atoms with Crippen LogP contribution in [0.4, 0.5) is 5.69 Å². The lowest BCUT2D eigenvalue weighted by atomic mass is 10.2. The molecule has 0 atom stereocenters. The van der Waals surface area contributed by atoms with Crippen LogP contribution in [0.2, 0.25) is 0 Å². The van der Waals surface area contributed by atoms with Crippen molar-refractivity contribution in [1.29, 1.82) is 0 Å². The Morgan fingerprint density at radius 2 is 1.94 bits per heavy atom. The summed E-state index contributed by atoms with van der Waals surface area (Å²) in [6, 6.07) is 8.31. The highest BCUT2D eigenvalue weighted by atomic mass is 15.3. The number of nitrogens with zero attached hydrogens (tertiary/aromatic N) is 2. The molecule has 0 aliphatic rings. The smallest absolute Gasteiger partial charge is 0.0737 e. The third-order valence-electron chi connectivity index (χ3n) is 2.67. The fourth-order valence-electron chi connectivity index (χ4n) is 1.78. The molecule has 0 radical (unpaired) electrons. The van der Waals surface area contributed by atoms with E-state index < -0.39 is 0 Å². The van der Waals surface area contributed by atoms with Crippen molar-refractivity contribution in [3.05, 3.63) is 41.7 Å². The minimum absolute atomic E-state index is 0.780. The first-order valence-electron chi connectivity index (χ1n) is 5.61. The van der Waals surface area contributed by atoms with Gasteiger partial charge in [0.2, 0.25) is 0 Å². The third kappa shape index (κ3) is 1.94. The summed E-state index contributed by atoms with van der Waals surface area (Å²) in [4.78, 5) is 0. The van der Waals surface area contributed by atoms with Crippen LogP contribution in [0.15, 0.2) is 30.5 Å². The summed E-state index contributed by atoms with van der Waals surface area (Å²) in [5.41, 5.74) is 10.1. The molecule has 3 heteroatoms. The molecule has 0 unspecified atom stereocenters. The molecule has 2 N–H and O–H groups in total. The summed E-state index contributed by atoms with van der Waals surface area (Å²) >= 11 is 0. The molecule has 3 nitrogen and oxygen atoms in total. The number of hydrogen-bond donors (Lipinski definition) is 1. The van der Waals surface area contributed by atoms with Crippen molar-refractivity contribution < 1.29 is 0 Å². The first kappa shape index (κ1) is 10.7. The number of aromatic nitrogens is 2. The van der Waals surface area contributed by atoms with Gasteiger partial charge in [-0.15, -0.1) is 0 Å². The number of rotatable bonds is 3. The lowest BCUT2D eigenvalue weighted by molar-refractivity contribution is 0.776. The van der Waals surface area contributed by atoms with Crippen molar-refractivity contribution in [3.8, 4) is 5.69 Å². The Balaban J connectivity index is 2.43. The van der Waals surface area contributed by atoms with Gasteiger partial charge in [-0.3, -0.25) is 0 Å². The molecule has 0 fully saturated rings. The van der Waals surface area contributed by atoms with E-state index in [0.29, 0.717) is 0 Å². The number of benzene rings is 1. The molecule has 2 aromatic rings. The summed E-state index contributed by atoms with van der Waals surface area (Å²) in [7, 11) is 0. The van der Waals surface area contributed by atoms with Crippen LogP contribution in [0.5, 0.6) is 0 Å². The van der Waals surface area contributed by atoms with Gasteiger partial charge in [0.25, 0.3) is 0 Å². The average molecular weight is 215 g/mol. The van der Waals surface area contributed by atoms with Gasteiger partial charge in [0.15, 0.2) is 0 Å². The standard InChI is InChI=1S/C13H17N3/c1-3-4-13-12(14)9-15-16(13)11-7-5-10(2)6-8-11/h5-9H,3-4,14H2,1-2H3. The van der Waals surface area contributed by atoms with E-state index in [2.05, 4.69) is 43.2 Å². The number of nitrogen functional groups attached to an aromatic ring is 1. The fourth-order valence-corrected chi connectivity index (χ4v) is 1.78. The van der Waals surface area contributed by atoms with E-state index >= 15 is 0 Å². The molecule has 1 aromatic heterocycles. The van der Waals surface area contributed by atoms with Crippen molar-refractivity contribution in [2.45, 2.75) is 26.7 Å². The zero-order valence-corrected chi connectivity index (χ0v) is 9.77. The number of anilines is 1. The van der Waals surface area contributed by atoms with Gasteiger partial charge < -0.3 is 5.73 Å². The molecule has 16 heavy (non-hydrogen) atoms. The largest absolute Gasteiger partial charge is 0.396 e. The van der Waals surface area contributed by atoms with Gasteiger partial charge in [0, 0.05) is 0 Å². The fraction of sp³-hybridized carbons (Fsp3) is 0.308. The van der Waals surface area contributed by atoms with Crippen LogP contribution >= 0.6 is 0 Å². The quantitative estimate of drug-likeness (QED) is 0.855. The molecule has 84 valence electrons. The number of aryl methyl sites for hydroxylation is 1. The summed E-state index contributed by atoms with van der Waals surface area (Å²) < 4.78 is 1.93. The first-order chi connectivity index (χ1) is 7.72. The van der Waals surface area contributed by atoms with Crippen molar-refractivity contribution >= 4 is 5.69 Å². The molecule has 0 spiro atoms. The molecule has 1 heterocycles. The predicted molar refractivity (Wildman–Crippen MR) is 66.7 cm³/mol. The van der Waals surface area contributed by atoms with Crippen LogP contribution in [0.25, 0.3) is 5.69 Å². The van der Waals surface area contributed by atoms with Crippen molar-refractivity contribution in [3.63, 3.8) is 0 Å². The number of nitrogens with two attached hydrogens (primary N) is 1. The summed E-state index contributed by atoms with van der Waals surface area (Å²) in [6.45, 7) is 4.22. The molecular weight excluding hydrogens is 198 g/mol. The van der Waals surface area contributed by atoms with Crippen LogP contribution < -0.4 is 5.73 Å².